The summed E-state index contributed by atoms with van der Waals surface area (Å²) in [5.41, 5.74) is 1.18. The minimum Gasteiger partial charge on any atom is -0.772 e. The summed E-state index contributed by atoms with van der Waals surface area (Å²) < 4.78 is 20.5. The summed E-state index contributed by atoms with van der Waals surface area (Å²) in [6.45, 7) is 1.73. The van der Waals surface area contributed by atoms with Crippen LogP contribution in [0.4, 0.5) is 0 Å². The van der Waals surface area contributed by atoms with Crippen molar-refractivity contribution in [3.63, 3.8) is 0 Å². The van der Waals surface area contributed by atoms with Crippen LogP contribution in [-0.4, -0.2) is 23.8 Å². The predicted molar refractivity (Wildman–Crippen MR) is 38.4 cm³/mol. The van der Waals surface area contributed by atoms with Crippen molar-refractivity contribution < 1.29 is 8.76 Å². The summed E-state index contributed by atoms with van der Waals surface area (Å²) in [7, 11) is 1.66. The molecule has 0 radical (unpaired) electrons. The fraction of sp³-hybridized carbons (Fsp3) is 0.600. The minimum atomic E-state index is -2.08. The van der Waals surface area contributed by atoms with E-state index in [1.807, 2.05) is 0 Å². The first-order chi connectivity index (χ1) is 5.09. The van der Waals surface area contributed by atoms with Gasteiger partial charge in [0.1, 0.15) is 0 Å². The third-order valence-electron chi connectivity index (χ3n) is 1.23. The van der Waals surface area contributed by atoms with Crippen molar-refractivity contribution >= 4 is 11.1 Å². The molecule has 0 fully saturated rings. The van der Waals surface area contributed by atoms with E-state index in [1.54, 1.807) is 14.0 Å². The zero-order chi connectivity index (χ0) is 8.43. The van der Waals surface area contributed by atoms with Crippen molar-refractivity contribution in [3.05, 3.63) is 11.4 Å². The van der Waals surface area contributed by atoms with Gasteiger partial charge in [-0.25, -0.2) is 0 Å². The molecule has 1 heterocycles. The van der Waals surface area contributed by atoms with E-state index in [9.17, 15) is 8.76 Å². The van der Waals surface area contributed by atoms with Crippen LogP contribution in [0.25, 0.3) is 0 Å². The molecule has 11 heavy (non-hydrogen) atoms. The second-order valence-electron chi connectivity index (χ2n) is 2.17. The molecule has 1 aromatic heterocycles. The topological polar surface area (TPSA) is 70.8 Å². The van der Waals surface area contributed by atoms with E-state index in [2.05, 4.69) is 10.2 Å². The van der Waals surface area contributed by atoms with E-state index in [-0.39, 0.29) is 5.75 Å². The number of rotatable bonds is 2. The smallest absolute Gasteiger partial charge is 0.0969 e. The van der Waals surface area contributed by atoms with Gasteiger partial charge in [-0.3, -0.25) is 4.21 Å². The summed E-state index contributed by atoms with van der Waals surface area (Å²) in [6.07, 6.45) is 0. The molecule has 1 rings (SSSR count). The standard InChI is InChI=1S/C5H9N3O2S/c1-4-5(3-11(9)10)7-8(2)6-4/h3H2,1-2H3,(H,9,10)/p-1. The van der Waals surface area contributed by atoms with Crippen LogP contribution >= 0.6 is 0 Å². The molecule has 0 spiro atoms. The molecule has 5 nitrogen and oxygen atoms in total. The second-order valence-corrected chi connectivity index (χ2v) is 3.07. The van der Waals surface area contributed by atoms with Crippen LogP contribution < -0.4 is 0 Å². The van der Waals surface area contributed by atoms with E-state index in [0.717, 1.165) is 0 Å². The SMILES string of the molecule is Cc1nn(C)nc1CS(=O)[O-]. The maximum atomic E-state index is 10.3. The van der Waals surface area contributed by atoms with Crippen LogP contribution in [0.15, 0.2) is 0 Å². The number of hydrogen-bond acceptors (Lipinski definition) is 4. The molecular weight excluding hydrogens is 166 g/mol. The lowest BCUT2D eigenvalue weighted by atomic mass is 10.4. The molecule has 1 atom stereocenters. The second kappa shape index (κ2) is 3.10. The number of aromatic nitrogens is 3. The molecular formula is C5H8N3O2S-. The van der Waals surface area contributed by atoms with Gasteiger partial charge in [0.25, 0.3) is 0 Å². The Morgan fingerprint density at radius 3 is 2.64 bits per heavy atom. The number of aryl methyl sites for hydroxylation is 2. The first kappa shape index (κ1) is 8.35. The van der Waals surface area contributed by atoms with Crippen LogP contribution in [0.3, 0.4) is 0 Å². The lowest BCUT2D eigenvalue weighted by Gasteiger charge is -2.00. The zero-order valence-corrected chi connectivity index (χ0v) is 7.09. The minimum absolute atomic E-state index is 0.0559. The molecule has 0 saturated carbocycles. The van der Waals surface area contributed by atoms with Crippen LogP contribution in [-0.2, 0) is 23.9 Å². The van der Waals surface area contributed by atoms with E-state index >= 15 is 0 Å². The Kier molecular flexibility index (Phi) is 2.35. The Balaban J connectivity index is 2.85. The van der Waals surface area contributed by atoms with Gasteiger partial charge in [-0.15, -0.1) is 0 Å². The summed E-state index contributed by atoms with van der Waals surface area (Å²) in [5.74, 6) is -0.0559. The largest absolute Gasteiger partial charge is 0.772 e. The van der Waals surface area contributed by atoms with Crippen LogP contribution in [0, 0.1) is 6.92 Å². The molecule has 1 aromatic rings. The van der Waals surface area contributed by atoms with Crippen molar-refractivity contribution in [2.24, 2.45) is 7.05 Å². The molecule has 1 unspecified atom stereocenters. The van der Waals surface area contributed by atoms with Crippen molar-refractivity contribution in [2.75, 3.05) is 0 Å². The maximum Gasteiger partial charge on any atom is 0.0969 e. The molecule has 0 aliphatic carbocycles. The van der Waals surface area contributed by atoms with Crippen LogP contribution in [0.5, 0.6) is 0 Å². The Bertz CT molecular complexity index is 283. The molecule has 0 amide bonds. The predicted octanol–water partition coefficient (Wildman–Crippen LogP) is -0.497. The average molecular weight is 174 g/mol. The van der Waals surface area contributed by atoms with Gasteiger partial charge >= 0.3 is 0 Å². The van der Waals surface area contributed by atoms with Crippen LogP contribution in [0.2, 0.25) is 0 Å². The van der Waals surface area contributed by atoms with Crippen molar-refractivity contribution in [3.8, 4) is 0 Å². The Hall–Kier alpha value is -0.750. The summed E-state index contributed by atoms with van der Waals surface area (Å²) in [5, 5.41) is 7.76. The monoisotopic (exact) mass is 174 g/mol. The molecule has 0 aliphatic rings. The molecule has 0 saturated heterocycles. The van der Waals surface area contributed by atoms with E-state index in [4.69, 9.17) is 0 Å². The van der Waals surface area contributed by atoms with Gasteiger partial charge in [0, 0.05) is 7.05 Å². The van der Waals surface area contributed by atoms with Crippen molar-refractivity contribution in [1.29, 1.82) is 0 Å². The normalized spacial score (nSPS) is 13.4. The van der Waals surface area contributed by atoms with Gasteiger partial charge in [-0.05, 0) is 18.0 Å². The average Bonchev–Trinajstić information content (AvgIpc) is 2.09. The van der Waals surface area contributed by atoms with Crippen LogP contribution in [0.1, 0.15) is 11.4 Å². The molecule has 0 aromatic carbocycles. The Labute approximate surface area is 66.7 Å². The van der Waals surface area contributed by atoms with E-state index < -0.39 is 11.1 Å². The molecule has 6 heteroatoms. The Morgan fingerprint density at radius 1 is 1.64 bits per heavy atom. The highest BCUT2D eigenvalue weighted by Gasteiger charge is 2.03. The molecule has 0 aliphatic heterocycles. The summed E-state index contributed by atoms with van der Waals surface area (Å²) >= 11 is -2.08. The summed E-state index contributed by atoms with van der Waals surface area (Å²) in [4.78, 5) is 1.36. The molecule has 0 bridgehead atoms. The third-order valence-corrected chi connectivity index (χ3v) is 1.74. The lowest BCUT2D eigenvalue weighted by Crippen LogP contribution is -1.97. The fourth-order valence-corrected chi connectivity index (χ4v) is 1.28. The summed E-state index contributed by atoms with van der Waals surface area (Å²) in [6, 6.07) is 0. The third kappa shape index (κ3) is 2.09. The van der Waals surface area contributed by atoms with E-state index in [0.29, 0.717) is 11.4 Å². The number of hydrogen-bond donors (Lipinski definition) is 0. The molecule has 62 valence electrons. The van der Waals surface area contributed by atoms with Gasteiger partial charge in [-0.2, -0.15) is 15.0 Å². The quantitative estimate of drug-likeness (QED) is 0.567. The first-order valence-electron chi connectivity index (χ1n) is 3.02. The van der Waals surface area contributed by atoms with Crippen molar-refractivity contribution in [1.82, 2.24) is 15.0 Å². The van der Waals surface area contributed by atoms with Gasteiger partial charge in [0.05, 0.1) is 17.1 Å². The lowest BCUT2D eigenvalue weighted by molar-refractivity contribution is 0.535. The number of nitrogens with zero attached hydrogens (tertiary/aromatic N) is 3. The zero-order valence-electron chi connectivity index (χ0n) is 6.27. The van der Waals surface area contributed by atoms with Gasteiger partial charge < -0.3 is 4.55 Å². The van der Waals surface area contributed by atoms with Gasteiger partial charge in [0.2, 0.25) is 0 Å². The highest BCUT2D eigenvalue weighted by Crippen LogP contribution is 2.01. The highest BCUT2D eigenvalue weighted by molar-refractivity contribution is 7.78. The highest BCUT2D eigenvalue weighted by atomic mass is 32.2. The van der Waals surface area contributed by atoms with Gasteiger partial charge in [-0.1, -0.05) is 0 Å². The molecule has 0 N–H and O–H groups in total. The maximum absolute atomic E-state index is 10.3. The Morgan fingerprint density at radius 2 is 2.27 bits per heavy atom. The van der Waals surface area contributed by atoms with E-state index in [1.165, 1.54) is 4.80 Å². The van der Waals surface area contributed by atoms with Crippen molar-refractivity contribution in [2.45, 2.75) is 12.7 Å². The first-order valence-corrected chi connectivity index (χ1v) is 4.26. The van der Waals surface area contributed by atoms with Gasteiger partial charge in [0.15, 0.2) is 0 Å². The fourth-order valence-electron chi connectivity index (χ4n) is 0.789.